The normalized spacial score (nSPS) is 20.0. The number of alkyl halides is 3. The number of aliphatic imine (C=N–C) groups is 1. The molecule has 3 aliphatic rings. The lowest BCUT2D eigenvalue weighted by Crippen LogP contribution is -2.57. The predicted octanol–water partition coefficient (Wildman–Crippen LogP) is 7.61. The molecule has 3 aliphatic heterocycles. The van der Waals surface area contributed by atoms with Crippen molar-refractivity contribution in [3.8, 4) is 5.75 Å². The Morgan fingerprint density at radius 3 is 1.86 bits per heavy atom. The van der Waals surface area contributed by atoms with Gasteiger partial charge in [-0.2, -0.15) is 13.2 Å². The molecule has 2 saturated heterocycles. The Bertz CT molecular complexity index is 1790. The highest BCUT2D eigenvalue weighted by Gasteiger charge is 2.46. The quantitative estimate of drug-likeness (QED) is 0.280. The van der Waals surface area contributed by atoms with Crippen molar-refractivity contribution >= 4 is 47.1 Å². The van der Waals surface area contributed by atoms with Crippen LogP contribution in [0.5, 0.6) is 5.75 Å². The van der Waals surface area contributed by atoms with Gasteiger partial charge in [-0.05, 0) is 73.4 Å². The molecule has 2 fully saturated rings. The number of amides is 4. The van der Waals surface area contributed by atoms with Gasteiger partial charge in [-0.3, -0.25) is 14.7 Å². The van der Waals surface area contributed by atoms with Gasteiger partial charge in [0.15, 0.2) is 0 Å². The maximum Gasteiger partial charge on any atom is 0.416 e. The summed E-state index contributed by atoms with van der Waals surface area (Å²) >= 11 is 12.5. The first kappa shape index (κ1) is 36.3. The lowest BCUT2D eigenvalue weighted by molar-refractivity contribution is -0.143. The van der Waals surface area contributed by atoms with Gasteiger partial charge in [-0.15, -0.1) is 0 Å². The van der Waals surface area contributed by atoms with Crippen LogP contribution >= 0.6 is 23.2 Å². The van der Waals surface area contributed by atoms with Crippen LogP contribution in [-0.2, 0) is 11.0 Å². The molecule has 51 heavy (non-hydrogen) atoms. The minimum Gasteiger partial charge on any atom is -0.493 e. The van der Waals surface area contributed by atoms with E-state index in [-0.39, 0.29) is 56.0 Å². The number of carbonyl (C=O) groups is 3. The first-order chi connectivity index (χ1) is 24.3. The van der Waals surface area contributed by atoms with Gasteiger partial charge in [-0.1, -0.05) is 47.5 Å². The molecule has 0 aromatic heterocycles. The van der Waals surface area contributed by atoms with Gasteiger partial charge in [0.1, 0.15) is 17.6 Å². The Morgan fingerprint density at radius 2 is 1.33 bits per heavy atom. The van der Waals surface area contributed by atoms with Crippen molar-refractivity contribution in [1.82, 2.24) is 19.6 Å². The first-order valence-corrected chi connectivity index (χ1v) is 17.4. The molecule has 4 amide bonds. The molecule has 0 radical (unpaired) electrons. The fraction of sp³-hybridized carbons (Fsp3) is 0.389. The maximum absolute atomic E-state index is 14.8. The number of likely N-dealkylation sites (tertiary alicyclic amines) is 1. The van der Waals surface area contributed by atoms with E-state index >= 15 is 0 Å². The predicted molar refractivity (Wildman–Crippen MR) is 185 cm³/mol. The zero-order valence-corrected chi connectivity index (χ0v) is 29.2. The summed E-state index contributed by atoms with van der Waals surface area (Å²) in [4.78, 5) is 50.9. The van der Waals surface area contributed by atoms with Crippen molar-refractivity contribution < 1.29 is 37.4 Å². The molecule has 0 spiro atoms. The maximum atomic E-state index is 14.8. The Labute approximate surface area is 303 Å². The second-order valence-corrected chi connectivity index (χ2v) is 13.5. The van der Waals surface area contributed by atoms with Gasteiger partial charge < -0.3 is 24.5 Å². The molecule has 0 bridgehead atoms. The van der Waals surface area contributed by atoms with Crippen LogP contribution in [0.4, 0.5) is 22.8 Å². The number of carbonyl (C=O) groups excluding carboxylic acids is 2. The molecule has 270 valence electrons. The topological polar surface area (TPSA) is 106 Å². The summed E-state index contributed by atoms with van der Waals surface area (Å²) in [6.07, 6.45) is -3.87. The van der Waals surface area contributed by atoms with E-state index in [2.05, 4.69) is 0 Å². The number of piperidine rings is 1. The number of amidine groups is 1. The summed E-state index contributed by atoms with van der Waals surface area (Å²) in [5, 5.41) is 10.3. The fourth-order valence-corrected chi connectivity index (χ4v) is 7.02. The minimum atomic E-state index is -4.63. The number of urea groups is 2. The van der Waals surface area contributed by atoms with E-state index in [0.29, 0.717) is 41.5 Å². The Morgan fingerprint density at radius 1 is 0.804 bits per heavy atom. The van der Waals surface area contributed by atoms with E-state index in [1.165, 1.54) is 11.0 Å². The summed E-state index contributed by atoms with van der Waals surface area (Å²) < 4.78 is 47.2. The van der Waals surface area contributed by atoms with Crippen molar-refractivity contribution in [2.24, 2.45) is 10.9 Å². The van der Waals surface area contributed by atoms with E-state index in [1.807, 2.05) is 0 Å². The number of piperazine rings is 1. The lowest BCUT2D eigenvalue weighted by Gasteiger charge is -2.41. The van der Waals surface area contributed by atoms with Crippen LogP contribution in [0.15, 0.2) is 71.7 Å². The molecule has 3 aromatic rings. The van der Waals surface area contributed by atoms with Gasteiger partial charge in [-0.25, -0.2) is 9.59 Å². The molecule has 10 nitrogen and oxygen atoms in total. The van der Waals surface area contributed by atoms with Gasteiger partial charge >= 0.3 is 24.2 Å². The van der Waals surface area contributed by atoms with Gasteiger partial charge in [0, 0.05) is 49.3 Å². The van der Waals surface area contributed by atoms with E-state index in [1.54, 1.807) is 70.2 Å². The summed E-state index contributed by atoms with van der Waals surface area (Å²) in [5.74, 6) is -1.27. The standard InChI is InChI=1S/C36H36Cl2F3N5O5/c1-2-51-29-21-25(36(39,40)41)7-12-28(29)32-42-30(22-3-8-26(37)9-4-22)31(23-5-10-27(38)11-6-23)46(32)35(50)45-19-17-44(18-20-45)34(49)43-15-13-24(14-16-43)33(47)48/h3-12,21,24,30-31H,2,13-20H2,1H3,(H,47,48). The summed E-state index contributed by atoms with van der Waals surface area (Å²) in [6, 6.07) is 15.0. The van der Waals surface area contributed by atoms with Crippen LogP contribution in [0.3, 0.4) is 0 Å². The zero-order valence-electron chi connectivity index (χ0n) is 27.7. The van der Waals surface area contributed by atoms with Crippen LogP contribution in [0.25, 0.3) is 0 Å². The average Bonchev–Trinajstić information content (AvgIpc) is 3.52. The van der Waals surface area contributed by atoms with Crippen molar-refractivity contribution in [3.63, 3.8) is 0 Å². The average molecular weight is 747 g/mol. The number of carboxylic acid groups (broad SMARTS) is 1. The molecule has 15 heteroatoms. The Balaban J connectivity index is 1.35. The van der Waals surface area contributed by atoms with E-state index in [4.69, 9.17) is 32.9 Å². The number of benzene rings is 3. The number of hydrogen-bond donors (Lipinski definition) is 1. The van der Waals surface area contributed by atoms with Crippen LogP contribution < -0.4 is 4.74 Å². The second kappa shape index (κ2) is 15.0. The van der Waals surface area contributed by atoms with Gasteiger partial charge in [0.25, 0.3) is 0 Å². The van der Waals surface area contributed by atoms with Crippen LogP contribution in [-0.4, -0.2) is 94.4 Å². The third-order valence-electron chi connectivity index (χ3n) is 9.48. The molecule has 2 unspecified atom stereocenters. The van der Waals surface area contributed by atoms with Crippen molar-refractivity contribution in [2.75, 3.05) is 45.9 Å². The second-order valence-electron chi connectivity index (χ2n) is 12.6. The third kappa shape index (κ3) is 7.74. The number of carboxylic acids is 1. The smallest absolute Gasteiger partial charge is 0.416 e. The molecular formula is C36H36Cl2F3N5O5. The number of halogens is 5. The van der Waals surface area contributed by atoms with Crippen molar-refractivity contribution in [2.45, 2.75) is 38.0 Å². The highest BCUT2D eigenvalue weighted by molar-refractivity contribution is 6.30. The highest BCUT2D eigenvalue weighted by atomic mass is 35.5. The largest absolute Gasteiger partial charge is 0.493 e. The molecular weight excluding hydrogens is 710 g/mol. The van der Waals surface area contributed by atoms with E-state index in [9.17, 15) is 32.7 Å². The molecule has 6 rings (SSSR count). The monoisotopic (exact) mass is 745 g/mol. The first-order valence-electron chi connectivity index (χ1n) is 16.6. The van der Waals surface area contributed by atoms with Crippen molar-refractivity contribution in [3.05, 3.63) is 99.0 Å². The van der Waals surface area contributed by atoms with E-state index in [0.717, 1.165) is 17.7 Å². The number of nitrogens with zero attached hydrogens (tertiary/aromatic N) is 5. The molecule has 2 atom stereocenters. The Kier molecular flexibility index (Phi) is 10.7. The SMILES string of the molecule is CCOc1cc(C(F)(F)F)ccc1C1=NC(c2ccc(Cl)cc2)C(c2ccc(Cl)cc2)N1C(=O)N1CCN(C(=O)N2CCC(C(=O)O)CC2)CC1. The molecule has 3 heterocycles. The number of aliphatic carboxylic acids is 1. The van der Waals surface area contributed by atoms with Crippen LogP contribution in [0.1, 0.15) is 54.1 Å². The molecule has 0 aliphatic carbocycles. The Hall–Kier alpha value is -4.49. The third-order valence-corrected chi connectivity index (χ3v) is 9.98. The van der Waals surface area contributed by atoms with Gasteiger partial charge in [0.2, 0.25) is 0 Å². The minimum absolute atomic E-state index is 0.0702. The molecule has 0 saturated carbocycles. The molecule has 1 N–H and O–H groups in total. The fourth-order valence-electron chi connectivity index (χ4n) is 6.77. The molecule has 3 aromatic carbocycles. The highest BCUT2D eigenvalue weighted by Crippen LogP contribution is 2.46. The summed E-state index contributed by atoms with van der Waals surface area (Å²) in [6.45, 7) is 3.25. The van der Waals surface area contributed by atoms with Crippen LogP contribution in [0.2, 0.25) is 10.0 Å². The lowest BCUT2D eigenvalue weighted by atomic mass is 9.93. The van der Waals surface area contributed by atoms with Crippen LogP contribution in [0, 0.1) is 5.92 Å². The van der Waals surface area contributed by atoms with E-state index < -0.39 is 41.7 Å². The number of ether oxygens (including phenoxy) is 1. The number of hydrogen-bond acceptors (Lipinski definition) is 5. The van der Waals surface area contributed by atoms with Gasteiger partial charge in [0.05, 0.1) is 29.7 Å². The number of rotatable bonds is 6. The summed E-state index contributed by atoms with van der Waals surface area (Å²) in [7, 11) is 0. The zero-order chi connectivity index (χ0) is 36.4. The summed E-state index contributed by atoms with van der Waals surface area (Å²) in [5.41, 5.74) is 0.726. The van der Waals surface area contributed by atoms with Crippen molar-refractivity contribution in [1.29, 1.82) is 0 Å².